The molecule has 0 radical (unpaired) electrons. The zero-order valence-electron chi connectivity index (χ0n) is 17.5. The van der Waals surface area contributed by atoms with Crippen LogP contribution in [0.4, 0.5) is 20.4 Å². The third-order valence-corrected chi connectivity index (χ3v) is 5.82. The van der Waals surface area contributed by atoms with Crippen molar-refractivity contribution in [1.29, 1.82) is 0 Å². The average molecular weight is 425 g/mol. The van der Waals surface area contributed by atoms with Crippen molar-refractivity contribution in [1.82, 2.24) is 29.6 Å². The summed E-state index contributed by atoms with van der Waals surface area (Å²) in [6, 6.07) is 6.09. The third kappa shape index (κ3) is 3.74. The number of anilines is 2. The number of fused-ring (bicyclic) bond motifs is 2. The van der Waals surface area contributed by atoms with Crippen LogP contribution in [0.25, 0.3) is 21.9 Å². The summed E-state index contributed by atoms with van der Waals surface area (Å²) in [5, 5.41) is 13.0. The van der Waals surface area contributed by atoms with E-state index in [2.05, 4.69) is 39.5 Å². The highest BCUT2D eigenvalue weighted by atomic mass is 19.3. The SMILES string of the molecule is CC(C)n1ncc2cnc(Nc3cc(C4CCNC4)c4ccn(CC(F)F)c4n3)cc21. The van der Waals surface area contributed by atoms with Gasteiger partial charge in [-0.15, -0.1) is 0 Å². The summed E-state index contributed by atoms with van der Waals surface area (Å²) in [5.41, 5.74) is 2.68. The predicted octanol–water partition coefficient (Wildman–Crippen LogP) is 4.45. The first-order chi connectivity index (χ1) is 15.0. The minimum absolute atomic E-state index is 0.223. The fraction of sp³-hybridized carbons (Fsp3) is 0.409. The normalized spacial score (nSPS) is 16.9. The molecule has 4 aromatic rings. The predicted molar refractivity (Wildman–Crippen MR) is 117 cm³/mol. The number of nitrogens with one attached hydrogen (secondary N) is 2. The topological polar surface area (TPSA) is 72.6 Å². The smallest absolute Gasteiger partial charge is 0.256 e. The van der Waals surface area contributed by atoms with E-state index in [0.717, 1.165) is 41.4 Å². The Kier molecular flexibility index (Phi) is 5.05. The second-order valence-electron chi connectivity index (χ2n) is 8.32. The molecule has 5 rings (SSSR count). The molecule has 0 bridgehead atoms. The van der Waals surface area contributed by atoms with Crippen LogP contribution in [0.2, 0.25) is 0 Å². The minimum atomic E-state index is -2.44. The molecule has 1 atom stereocenters. The largest absolute Gasteiger partial charge is 0.327 e. The van der Waals surface area contributed by atoms with Gasteiger partial charge < -0.3 is 15.2 Å². The van der Waals surface area contributed by atoms with Crippen molar-refractivity contribution in [3.05, 3.63) is 42.4 Å². The highest BCUT2D eigenvalue weighted by molar-refractivity contribution is 5.85. The summed E-state index contributed by atoms with van der Waals surface area (Å²) in [4.78, 5) is 9.17. The number of aromatic nitrogens is 5. The zero-order valence-corrected chi connectivity index (χ0v) is 17.5. The fourth-order valence-electron chi connectivity index (χ4n) is 4.35. The second kappa shape index (κ2) is 7.88. The van der Waals surface area contributed by atoms with E-state index in [0.29, 0.717) is 23.2 Å². The van der Waals surface area contributed by atoms with E-state index >= 15 is 0 Å². The molecule has 1 fully saturated rings. The van der Waals surface area contributed by atoms with Gasteiger partial charge in [0.2, 0.25) is 0 Å². The lowest BCUT2D eigenvalue weighted by Crippen LogP contribution is -2.10. The number of hydrogen-bond acceptors (Lipinski definition) is 5. The molecule has 4 aromatic heterocycles. The Hall–Kier alpha value is -3.07. The Balaban J connectivity index is 1.57. The first-order valence-electron chi connectivity index (χ1n) is 10.6. The molecule has 0 spiro atoms. The van der Waals surface area contributed by atoms with Crippen molar-refractivity contribution in [2.45, 2.75) is 45.2 Å². The summed E-state index contributed by atoms with van der Waals surface area (Å²) in [6.45, 7) is 5.60. The molecule has 1 saturated heterocycles. The standard InChI is InChI=1S/C22H25F2N7/c1-13(2)31-18-8-20(26-10-15(18)11-27-31)28-21-7-17(14-3-5-25-9-14)16-4-6-30(12-19(23)24)22(16)29-21/h4,6-8,10-11,13-14,19,25H,3,5,9,12H2,1-2H3,(H,26,28,29). The monoisotopic (exact) mass is 425 g/mol. The Morgan fingerprint density at radius 3 is 2.84 bits per heavy atom. The van der Waals surface area contributed by atoms with Crippen molar-refractivity contribution in [2.75, 3.05) is 18.4 Å². The number of rotatable bonds is 6. The number of pyridine rings is 2. The van der Waals surface area contributed by atoms with Gasteiger partial charge in [-0.2, -0.15) is 5.10 Å². The Morgan fingerprint density at radius 2 is 2.10 bits per heavy atom. The molecule has 0 saturated carbocycles. The van der Waals surface area contributed by atoms with E-state index in [1.54, 1.807) is 18.6 Å². The van der Waals surface area contributed by atoms with Crippen molar-refractivity contribution in [2.24, 2.45) is 0 Å². The Bertz CT molecular complexity index is 1220. The van der Waals surface area contributed by atoms with Gasteiger partial charge in [-0.1, -0.05) is 0 Å². The summed E-state index contributed by atoms with van der Waals surface area (Å²) in [6.07, 6.45) is 3.86. The number of halogens is 2. The molecule has 2 N–H and O–H groups in total. The maximum atomic E-state index is 13.1. The summed E-state index contributed by atoms with van der Waals surface area (Å²) in [7, 11) is 0. The lowest BCUT2D eigenvalue weighted by atomic mass is 9.96. The van der Waals surface area contributed by atoms with Gasteiger partial charge in [0, 0.05) is 41.8 Å². The number of alkyl halides is 2. The molecule has 7 nitrogen and oxygen atoms in total. The van der Waals surface area contributed by atoms with Crippen LogP contribution in [0.3, 0.4) is 0 Å². The van der Waals surface area contributed by atoms with Crippen LogP contribution in [0, 0.1) is 0 Å². The maximum Gasteiger partial charge on any atom is 0.256 e. The van der Waals surface area contributed by atoms with E-state index in [1.807, 2.05) is 22.9 Å². The molecule has 162 valence electrons. The summed E-state index contributed by atoms with van der Waals surface area (Å²) < 4.78 is 29.7. The van der Waals surface area contributed by atoms with Crippen LogP contribution in [0.5, 0.6) is 0 Å². The van der Waals surface area contributed by atoms with Crippen molar-refractivity contribution in [3.8, 4) is 0 Å². The highest BCUT2D eigenvalue weighted by Gasteiger charge is 2.22. The Morgan fingerprint density at radius 1 is 1.23 bits per heavy atom. The van der Waals surface area contributed by atoms with Gasteiger partial charge in [-0.05, 0) is 50.4 Å². The molecule has 31 heavy (non-hydrogen) atoms. The van der Waals surface area contributed by atoms with Gasteiger partial charge >= 0.3 is 0 Å². The third-order valence-electron chi connectivity index (χ3n) is 5.82. The molecule has 1 unspecified atom stereocenters. The van der Waals surface area contributed by atoms with Crippen LogP contribution < -0.4 is 10.6 Å². The van der Waals surface area contributed by atoms with E-state index in [1.165, 1.54) is 4.57 Å². The summed E-state index contributed by atoms with van der Waals surface area (Å²) >= 11 is 0. The van der Waals surface area contributed by atoms with Gasteiger partial charge in [-0.3, -0.25) is 4.68 Å². The Labute approximate surface area is 178 Å². The van der Waals surface area contributed by atoms with E-state index in [-0.39, 0.29) is 12.6 Å². The second-order valence-corrected chi connectivity index (χ2v) is 8.32. The van der Waals surface area contributed by atoms with Gasteiger partial charge in [0.15, 0.2) is 0 Å². The van der Waals surface area contributed by atoms with Crippen LogP contribution in [-0.4, -0.2) is 43.8 Å². The molecule has 0 aliphatic carbocycles. The minimum Gasteiger partial charge on any atom is -0.327 e. The van der Waals surface area contributed by atoms with Crippen molar-refractivity contribution in [3.63, 3.8) is 0 Å². The quantitative estimate of drug-likeness (QED) is 0.478. The highest BCUT2D eigenvalue weighted by Crippen LogP contribution is 2.33. The fourth-order valence-corrected chi connectivity index (χ4v) is 4.35. The van der Waals surface area contributed by atoms with E-state index < -0.39 is 6.43 Å². The van der Waals surface area contributed by atoms with Crippen LogP contribution in [-0.2, 0) is 6.54 Å². The molecule has 1 aliphatic rings. The average Bonchev–Trinajstić information content (AvgIpc) is 3.47. The van der Waals surface area contributed by atoms with Gasteiger partial charge in [0.25, 0.3) is 6.43 Å². The lowest BCUT2D eigenvalue weighted by molar-refractivity contribution is 0.128. The van der Waals surface area contributed by atoms with E-state index in [9.17, 15) is 8.78 Å². The van der Waals surface area contributed by atoms with Gasteiger partial charge in [0.1, 0.15) is 17.3 Å². The van der Waals surface area contributed by atoms with E-state index in [4.69, 9.17) is 0 Å². The van der Waals surface area contributed by atoms with Crippen LogP contribution in [0.15, 0.2) is 36.8 Å². The molecule has 0 aromatic carbocycles. The summed E-state index contributed by atoms with van der Waals surface area (Å²) in [5.74, 6) is 1.57. The van der Waals surface area contributed by atoms with Gasteiger partial charge in [-0.25, -0.2) is 18.7 Å². The number of nitrogens with zero attached hydrogens (tertiary/aromatic N) is 5. The number of hydrogen-bond donors (Lipinski definition) is 2. The van der Waals surface area contributed by atoms with Crippen molar-refractivity contribution < 1.29 is 8.78 Å². The molecule has 1 aliphatic heterocycles. The molecule has 0 amide bonds. The molecular weight excluding hydrogens is 400 g/mol. The maximum absolute atomic E-state index is 13.1. The van der Waals surface area contributed by atoms with Crippen molar-refractivity contribution >= 4 is 33.6 Å². The molecule has 5 heterocycles. The molecular formula is C22H25F2N7. The first kappa shape index (κ1) is 19.9. The first-order valence-corrected chi connectivity index (χ1v) is 10.6. The molecule has 9 heteroatoms. The van der Waals surface area contributed by atoms with Crippen LogP contribution in [0.1, 0.15) is 37.8 Å². The zero-order chi connectivity index (χ0) is 21.5. The van der Waals surface area contributed by atoms with Crippen LogP contribution >= 0.6 is 0 Å². The van der Waals surface area contributed by atoms with Gasteiger partial charge in [0.05, 0.1) is 18.3 Å². The lowest BCUT2D eigenvalue weighted by Gasteiger charge is -2.15.